The van der Waals surface area contributed by atoms with Gasteiger partial charge in [-0.3, -0.25) is 0 Å². The zero-order valence-corrected chi connectivity index (χ0v) is 11.6. The van der Waals surface area contributed by atoms with Crippen LogP contribution in [0, 0.1) is 0 Å². The van der Waals surface area contributed by atoms with Gasteiger partial charge in [-0.05, 0) is 40.2 Å². The van der Waals surface area contributed by atoms with E-state index in [0.717, 1.165) is 9.37 Å². The van der Waals surface area contributed by atoms with Crippen LogP contribution in [0.2, 0.25) is 0 Å². The van der Waals surface area contributed by atoms with Gasteiger partial charge in [0.25, 0.3) is 0 Å². The monoisotopic (exact) mass is 323 g/mol. The van der Waals surface area contributed by atoms with E-state index in [2.05, 4.69) is 26.1 Å². The maximum atomic E-state index is 8.75. The highest BCUT2D eigenvalue weighted by atomic mass is 79.9. The Labute approximate surface area is 117 Å². The molecule has 0 aliphatic heterocycles. The Hall–Kier alpha value is -1.53. The highest BCUT2D eigenvalue weighted by Gasteiger charge is 2.10. The summed E-state index contributed by atoms with van der Waals surface area (Å²) in [7, 11) is 0. The van der Waals surface area contributed by atoms with Gasteiger partial charge >= 0.3 is 0 Å². The van der Waals surface area contributed by atoms with E-state index in [9.17, 15) is 0 Å². The van der Waals surface area contributed by atoms with Gasteiger partial charge in [0, 0.05) is 15.6 Å². The van der Waals surface area contributed by atoms with Crippen molar-refractivity contribution in [2.24, 2.45) is 10.9 Å². The van der Waals surface area contributed by atoms with Crippen LogP contribution < -0.4 is 5.73 Å². The van der Waals surface area contributed by atoms with Gasteiger partial charge in [0.1, 0.15) is 5.03 Å². The summed E-state index contributed by atoms with van der Waals surface area (Å²) < 4.78 is 0.978. The number of nitrogens with zero attached hydrogens (tertiary/aromatic N) is 2. The van der Waals surface area contributed by atoms with Gasteiger partial charge in [0.15, 0.2) is 5.84 Å². The normalized spacial score (nSPS) is 11.5. The fourth-order valence-corrected chi connectivity index (χ4v) is 2.80. The largest absolute Gasteiger partial charge is 0.409 e. The van der Waals surface area contributed by atoms with Gasteiger partial charge in [0.05, 0.1) is 5.56 Å². The molecule has 92 valence electrons. The second kappa shape index (κ2) is 5.88. The van der Waals surface area contributed by atoms with Gasteiger partial charge < -0.3 is 10.9 Å². The number of benzene rings is 1. The smallest absolute Gasteiger partial charge is 0.172 e. The van der Waals surface area contributed by atoms with Crippen molar-refractivity contribution in [3.05, 3.63) is 52.6 Å². The Bertz CT molecular complexity index is 589. The lowest BCUT2D eigenvalue weighted by atomic mass is 10.3. The van der Waals surface area contributed by atoms with Gasteiger partial charge in [-0.25, -0.2) is 4.98 Å². The van der Waals surface area contributed by atoms with E-state index in [0.29, 0.717) is 10.6 Å². The molecule has 0 bridgehead atoms. The third-order valence-electron chi connectivity index (χ3n) is 2.20. The van der Waals surface area contributed by atoms with Crippen LogP contribution in [0.5, 0.6) is 0 Å². The Morgan fingerprint density at radius 2 is 2.06 bits per heavy atom. The first-order valence-electron chi connectivity index (χ1n) is 5.07. The van der Waals surface area contributed by atoms with Gasteiger partial charge in [0.2, 0.25) is 0 Å². The van der Waals surface area contributed by atoms with Crippen LogP contribution in [0.3, 0.4) is 0 Å². The molecule has 0 unspecified atom stereocenters. The molecule has 2 aromatic rings. The molecule has 0 radical (unpaired) electrons. The lowest BCUT2D eigenvalue weighted by molar-refractivity contribution is 0.318. The average molecular weight is 324 g/mol. The maximum absolute atomic E-state index is 8.75. The molecule has 0 fully saturated rings. The summed E-state index contributed by atoms with van der Waals surface area (Å²) in [5.41, 5.74) is 6.23. The summed E-state index contributed by atoms with van der Waals surface area (Å²) in [6.45, 7) is 0. The Morgan fingerprint density at radius 1 is 1.28 bits per heavy atom. The molecule has 0 atom stereocenters. The van der Waals surface area contributed by atoms with Gasteiger partial charge in [-0.2, -0.15) is 0 Å². The second-order valence-electron chi connectivity index (χ2n) is 3.37. The van der Waals surface area contributed by atoms with Crippen molar-refractivity contribution in [2.45, 2.75) is 9.92 Å². The van der Waals surface area contributed by atoms with Crippen molar-refractivity contribution in [1.29, 1.82) is 0 Å². The van der Waals surface area contributed by atoms with Crippen LogP contribution in [0.25, 0.3) is 0 Å². The fraction of sp³-hybridized carbons (Fsp3) is 0. The lowest BCUT2D eigenvalue weighted by Gasteiger charge is -2.07. The number of oxime groups is 1. The molecule has 0 aliphatic rings. The van der Waals surface area contributed by atoms with Crippen molar-refractivity contribution in [3.8, 4) is 0 Å². The van der Waals surface area contributed by atoms with Crippen LogP contribution >= 0.6 is 27.7 Å². The molecule has 4 nitrogen and oxygen atoms in total. The van der Waals surface area contributed by atoms with E-state index >= 15 is 0 Å². The Balaban J connectivity index is 2.38. The molecule has 1 aromatic carbocycles. The fourth-order valence-electron chi connectivity index (χ4n) is 1.35. The van der Waals surface area contributed by atoms with E-state index < -0.39 is 0 Å². The molecule has 2 rings (SSSR count). The molecule has 18 heavy (non-hydrogen) atoms. The van der Waals surface area contributed by atoms with E-state index in [1.165, 1.54) is 11.8 Å². The van der Waals surface area contributed by atoms with Crippen LogP contribution in [-0.4, -0.2) is 16.0 Å². The molecule has 0 spiro atoms. The Morgan fingerprint density at radius 3 is 2.78 bits per heavy atom. The van der Waals surface area contributed by atoms with E-state index in [1.807, 2.05) is 24.3 Å². The number of hydrogen-bond donors (Lipinski definition) is 2. The van der Waals surface area contributed by atoms with Crippen LogP contribution in [0.15, 0.2) is 62.1 Å². The third kappa shape index (κ3) is 2.83. The molecule has 6 heteroatoms. The molecule has 1 heterocycles. The minimum absolute atomic E-state index is 0.0534. The predicted molar refractivity (Wildman–Crippen MR) is 75.0 cm³/mol. The van der Waals surface area contributed by atoms with Crippen molar-refractivity contribution in [2.75, 3.05) is 0 Å². The summed E-state index contributed by atoms with van der Waals surface area (Å²) in [6.07, 6.45) is 1.67. The van der Waals surface area contributed by atoms with E-state index in [1.54, 1.807) is 18.3 Å². The van der Waals surface area contributed by atoms with Crippen molar-refractivity contribution < 1.29 is 5.21 Å². The summed E-state index contributed by atoms with van der Waals surface area (Å²) in [5.74, 6) is 0.0534. The molecule has 0 saturated carbocycles. The molecule has 0 aliphatic carbocycles. The first-order valence-corrected chi connectivity index (χ1v) is 6.68. The van der Waals surface area contributed by atoms with Crippen LogP contribution in [-0.2, 0) is 0 Å². The number of aromatic nitrogens is 1. The second-order valence-corrected chi connectivity index (χ2v) is 5.26. The summed E-state index contributed by atoms with van der Waals surface area (Å²) in [4.78, 5) is 5.27. The number of nitrogens with two attached hydrogens (primary N) is 1. The van der Waals surface area contributed by atoms with Crippen molar-refractivity contribution >= 4 is 33.5 Å². The molecule has 0 amide bonds. The molecular weight excluding hydrogens is 314 g/mol. The zero-order valence-electron chi connectivity index (χ0n) is 9.25. The SMILES string of the molecule is N/C(=N\O)c1cccnc1Sc1ccccc1Br. The highest BCUT2D eigenvalue weighted by molar-refractivity contribution is 9.10. The predicted octanol–water partition coefficient (Wildman–Crippen LogP) is 3.09. The molecule has 0 saturated heterocycles. The molecule has 3 N–H and O–H groups in total. The molecule has 1 aromatic heterocycles. The number of rotatable bonds is 3. The maximum Gasteiger partial charge on any atom is 0.172 e. The quantitative estimate of drug-likeness (QED) is 0.394. The van der Waals surface area contributed by atoms with Crippen molar-refractivity contribution in [1.82, 2.24) is 4.98 Å². The standard InChI is InChI=1S/C12H10BrN3OS/c13-9-5-1-2-6-10(9)18-12-8(11(14)16-17)4-3-7-15-12/h1-7,17H,(H2,14,16). The Kier molecular flexibility index (Phi) is 4.22. The van der Waals surface area contributed by atoms with Gasteiger partial charge in [-0.15, -0.1) is 0 Å². The number of pyridine rings is 1. The average Bonchev–Trinajstić information content (AvgIpc) is 2.41. The van der Waals surface area contributed by atoms with Gasteiger partial charge in [-0.1, -0.05) is 29.1 Å². The van der Waals surface area contributed by atoms with Crippen LogP contribution in [0.1, 0.15) is 5.56 Å². The van der Waals surface area contributed by atoms with E-state index in [-0.39, 0.29) is 5.84 Å². The topological polar surface area (TPSA) is 71.5 Å². The minimum Gasteiger partial charge on any atom is -0.409 e. The highest BCUT2D eigenvalue weighted by Crippen LogP contribution is 2.33. The first-order chi connectivity index (χ1) is 8.72. The summed E-state index contributed by atoms with van der Waals surface area (Å²) >= 11 is 4.93. The number of amidine groups is 1. The molecular formula is C12H10BrN3OS. The summed E-state index contributed by atoms with van der Waals surface area (Å²) in [5, 5.41) is 12.5. The minimum atomic E-state index is 0.0534. The number of hydrogen-bond acceptors (Lipinski definition) is 4. The van der Waals surface area contributed by atoms with Crippen LogP contribution in [0.4, 0.5) is 0 Å². The lowest BCUT2D eigenvalue weighted by Crippen LogP contribution is -2.14. The summed E-state index contributed by atoms with van der Waals surface area (Å²) in [6, 6.07) is 11.3. The van der Waals surface area contributed by atoms with Crippen molar-refractivity contribution in [3.63, 3.8) is 0 Å². The first kappa shape index (κ1) is 12.9. The van der Waals surface area contributed by atoms with E-state index in [4.69, 9.17) is 10.9 Å². The zero-order chi connectivity index (χ0) is 13.0. The third-order valence-corrected chi connectivity index (χ3v) is 4.25. The number of halogens is 1.